The monoisotopic (exact) mass is 263 g/mol. The third-order valence-corrected chi connectivity index (χ3v) is 3.81. The predicted octanol–water partition coefficient (Wildman–Crippen LogP) is 1.31. The van der Waals surface area contributed by atoms with Crippen LogP contribution < -0.4 is 4.72 Å². The van der Waals surface area contributed by atoms with Gasteiger partial charge in [-0.3, -0.25) is 0 Å². The average Bonchev–Trinajstić information content (AvgIpc) is 2.14. The lowest BCUT2D eigenvalue weighted by Gasteiger charge is -2.10. The first kappa shape index (κ1) is 13.4. The van der Waals surface area contributed by atoms with Crippen LogP contribution in [0, 0.1) is 6.92 Å². The van der Waals surface area contributed by atoms with E-state index >= 15 is 0 Å². The van der Waals surface area contributed by atoms with E-state index in [9.17, 15) is 8.42 Å². The first-order chi connectivity index (χ1) is 7.33. The number of nitrogens with one attached hydrogen (secondary N) is 1. The molecular weight excluding hydrogens is 250 g/mol. The Morgan fingerprint density at radius 3 is 2.62 bits per heavy atom. The van der Waals surface area contributed by atoms with Gasteiger partial charge < -0.3 is 5.11 Å². The summed E-state index contributed by atoms with van der Waals surface area (Å²) in [6.07, 6.45) is -0.720. The second kappa shape index (κ2) is 5.14. The van der Waals surface area contributed by atoms with E-state index in [1.54, 1.807) is 13.0 Å². The Bertz CT molecular complexity index is 471. The van der Waals surface area contributed by atoms with E-state index in [1.807, 2.05) is 0 Å². The van der Waals surface area contributed by atoms with E-state index in [0.29, 0.717) is 10.6 Å². The van der Waals surface area contributed by atoms with Gasteiger partial charge in [-0.05, 0) is 37.6 Å². The summed E-state index contributed by atoms with van der Waals surface area (Å²) in [5.41, 5.74) is 0.575. The fourth-order valence-corrected chi connectivity index (χ4v) is 2.80. The number of benzene rings is 1. The highest BCUT2D eigenvalue weighted by Crippen LogP contribution is 2.19. The van der Waals surface area contributed by atoms with E-state index in [0.717, 1.165) is 0 Å². The van der Waals surface area contributed by atoms with Crippen LogP contribution in [-0.4, -0.2) is 26.2 Å². The van der Waals surface area contributed by atoms with Gasteiger partial charge in [-0.1, -0.05) is 11.6 Å². The maximum absolute atomic E-state index is 11.8. The van der Waals surface area contributed by atoms with Crippen LogP contribution in [0.15, 0.2) is 23.1 Å². The lowest BCUT2D eigenvalue weighted by atomic mass is 10.2. The largest absolute Gasteiger partial charge is 0.392 e. The first-order valence-electron chi connectivity index (χ1n) is 4.77. The predicted molar refractivity (Wildman–Crippen MR) is 63.1 cm³/mol. The molecular formula is C10H14ClNO3S. The number of aliphatic hydroxyl groups excluding tert-OH is 1. The Labute approximate surface area is 100 Å². The van der Waals surface area contributed by atoms with Gasteiger partial charge in [0, 0.05) is 11.6 Å². The number of hydrogen-bond donors (Lipinski definition) is 2. The van der Waals surface area contributed by atoms with E-state index in [2.05, 4.69) is 4.72 Å². The van der Waals surface area contributed by atoms with E-state index in [1.165, 1.54) is 19.1 Å². The standard InChI is InChI=1S/C10H14ClNO3S/c1-7-5-9(11)3-4-10(7)16(14,15)12-6-8(2)13/h3-5,8,12-13H,6H2,1-2H3/t8-/m0/s1. The van der Waals surface area contributed by atoms with E-state index < -0.39 is 16.1 Å². The Kier molecular flexibility index (Phi) is 4.32. The molecule has 0 saturated heterocycles. The summed E-state index contributed by atoms with van der Waals surface area (Å²) >= 11 is 5.74. The van der Waals surface area contributed by atoms with Gasteiger partial charge in [-0.2, -0.15) is 0 Å². The highest BCUT2D eigenvalue weighted by molar-refractivity contribution is 7.89. The maximum atomic E-state index is 11.8. The molecule has 90 valence electrons. The summed E-state index contributed by atoms with van der Waals surface area (Å²) < 4.78 is 25.9. The highest BCUT2D eigenvalue weighted by Gasteiger charge is 2.16. The molecule has 4 nitrogen and oxygen atoms in total. The molecule has 0 saturated carbocycles. The Morgan fingerprint density at radius 1 is 1.50 bits per heavy atom. The van der Waals surface area contributed by atoms with Gasteiger partial charge in [-0.15, -0.1) is 0 Å². The molecule has 0 aliphatic rings. The van der Waals surface area contributed by atoms with Crippen LogP contribution in [-0.2, 0) is 10.0 Å². The van der Waals surface area contributed by atoms with Crippen LogP contribution in [0.25, 0.3) is 0 Å². The number of halogens is 1. The van der Waals surface area contributed by atoms with Gasteiger partial charge >= 0.3 is 0 Å². The molecule has 0 aliphatic carbocycles. The van der Waals surface area contributed by atoms with Gasteiger partial charge in [0.1, 0.15) is 0 Å². The minimum absolute atomic E-state index is 0.00952. The van der Waals surface area contributed by atoms with Crippen LogP contribution in [0.2, 0.25) is 5.02 Å². The molecule has 0 aromatic heterocycles. The summed E-state index contributed by atoms with van der Waals surface area (Å²) in [6.45, 7) is 3.17. The molecule has 0 unspecified atom stereocenters. The third-order valence-electron chi connectivity index (χ3n) is 2.00. The molecule has 1 aromatic carbocycles. The van der Waals surface area contributed by atoms with Crippen molar-refractivity contribution in [2.75, 3.05) is 6.54 Å². The lowest BCUT2D eigenvalue weighted by Crippen LogP contribution is -2.31. The first-order valence-corrected chi connectivity index (χ1v) is 6.63. The highest BCUT2D eigenvalue weighted by atomic mass is 35.5. The number of hydrogen-bond acceptors (Lipinski definition) is 3. The van der Waals surface area contributed by atoms with Crippen molar-refractivity contribution < 1.29 is 13.5 Å². The second-order valence-electron chi connectivity index (χ2n) is 3.61. The van der Waals surface area contributed by atoms with Gasteiger partial charge in [0.15, 0.2) is 0 Å². The molecule has 0 bridgehead atoms. The zero-order valence-corrected chi connectivity index (χ0v) is 10.6. The third kappa shape index (κ3) is 3.45. The Hall–Kier alpha value is -0.620. The van der Waals surface area contributed by atoms with Crippen LogP contribution in [0.1, 0.15) is 12.5 Å². The summed E-state index contributed by atoms with van der Waals surface area (Å²) in [5, 5.41) is 9.52. The molecule has 0 radical (unpaired) electrons. The lowest BCUT2D eigenvalue weighted by molar-refractivity contribution is 0.198. The van der Waals surface area contributed by atoms with Crippen molar-refractivity contribution in [2.24, 2.45) is 0 Å². The van der Waals surface area contributed by atoms with Crippen molar-refractivity contribution in [3.63, 3.8) is 0 Å². The topological polar surface area (TPSA) is 66.4 Å². The number of aliphatic hydroxyl groups is 1. The van der Waals surface area contributed by atoms with Crippen LogP contribution in [0.3, 0.4) is 0 Å². The average molecular weight is 264 g/mol. The van der Waals surface area contributed by atoms with Crippen LogP contribution >= 0.6 is 11.6 Å². The maximum Gasteiger partial charge on any atom is 0.240 e. The molecule has 1 aromatic rings. The van der Waals surface area contributed by atoms with Gasteiger partial charge in [0.2, 0.25) is 10.0 Å². The fraction of sp³-hybridized carbons (Fsp3) is 0.400. The molecule has 6 heteroatoms. The van der Waals surface area contributed by atoms with Crippen molar-refractivity contribution >= 4 is 21.6 Å². The molecule has 0 amide bonds. The molecule has 16 heavy (non-hydrogen) atoms. The van der Waals surface area contributed by atoms with Crippen molar-refractivity contribution in [1.82, 2.24) is 4.72 Å². The zero-order valence-electron chi connectivity index (χ0n) is 9.07. The molecule has 0 aliphatic heterocycles. The fourth-order valence-electron chi connectivity index (χ4n) is 1.22. The van der Waals surface area contributed by atoms with Crippen LogP contribution in [0.5, 0.6) is 0 Å². The molecule has 0 spiro atoms. The van der Waals surface area contributed by atoms with E-state index in [4.69, 9.17) is 16.7 Å². The molecule has 2 N–H and O–H groups in total. The van der Waals surface area contributed by atoms with Crippen molar-refractivity contribution in [3.8, 4) is 0 Å². The van der Waals surface area contributed by atoms with Gasteiger partial charge in [0.25, 0.3) is 0 Å². The summed E-state index contributed by atoms with van der Waals surface area (Å²) in [5.74, 6) is 0. The normalized spacial score (nSPS) is 13.8. The van der Waals surface area contributed by atoms with Crippen molar-refractivity contribution in [3.05, 3.63) is 28.8 Å². The van der Waals surface area contributed by atoms with Crippen molar-refractivity contribution in [2.45, 2.75) is 24.8 Å². The van der Waals surface area contributed by atoms with E-state index in [-0.39, 0.29) is 11.4 Å². The minimum atomic E-state index is -3.57. The van der Waals surface area contributed by atoms with Gasteiger partial charge in [0.05, 0.1) is 11.0 Å². The number of sulfonamides is 1. The molecule has 0 heterocycles. The molecule has 1 rings (SSSR count). The number of aryl methyl sites for hydroxylation is 1. The Morgan fingerprint density at radius 2 is 2.12 bits per heavy atom. The summed E-state index contributed by atoms with van der Waals surface area (Å²) in [6, 6.07) is 4.55. The summed E-state index contributed by atoms with van der Waals surface area (Å²) in [7, 11) is -3.57. The van der Waals surface area contributed by atoms with Gasteiger partial charge in [-0.25, -0.2) is 13.1 Å². The number of rotatable bonds is 4. The van der Waals surface area contributed by atoms with Crippen molar-refractivity contribution in [1.29, 1.82) is 0 Å². The summed E-state index contributed by atoms with van der Waals surface area (Å²) in [4.78, 5) is 0.178. The van der Waals surface area contributed by atoms with Crippen LogP contribution in [0.4, 0.5) is 0 Å². The quantitative estimate of drug-likeness (QED) is 0.861. The zero-order chi connectivity index (χ0) is 12.3. The smallest absolute Gasteiger partial charge is 0.240 e. The second-order valence-corrected chi connectivity index (χ2v) is 5.78. The minimum Gasteiger partial charge on any atom is -0.392 e. The molecule has 0 fully saturated rings. The molecule has 1 atom stereocenters. The Balaban J connectivity index is 2.99. The SMILES string of the molecule is Cc1cc(Cl)ccc1S(=O)(=O)NC[C@H](C)O.